The van der Waals surface area contributed by atoms with Crippen LogP contribution < -0.4 is 0 Å². The molecule has 0 bridgehead atoms. The van der Waals surface area contributed by atoms with E-state index in [1.54, 1.807) is 38.1 Å². The minimum Gasteiger partial charge on any atom is -0.457 e. The molecule has 4 rings (SSSR count). The van der Waals surface area contributed by atoms with Crippen molar-refractivity contribution in [3.8, 4) is 0 Å². The maximum atomic E-state index is 12.7. The largest absolute Gasteiger partial charge is 0.457 e. The van der Waals surface area contributed by atoms with Gasteiger partial charge in [-0.25, -0.2) is 0 Å². The molecular weight excluding hydrogens is 428 g/mol. The normalized spacial score (nSPS) is 16.8. The summed E-state index contributed by atoms with van der Waals surface area (Å²) in [7, 11) is 0. The van der Waals surface area contributed by atoms with Crippen LogP contribution in [0.25, 0.3) is 0 Å². The van der Waals surface area contributed by atoms with Crippen LogP contribution in [0.1, 0.15) is 70.9 Å². The molecule has 0 amide bonds. The first-order valence-electron chi connectivity index (χ1n) is 11.1. The smallest absolute Gasteiger partial charge is 0.312 e. The van der Waals surface area contributed by atoms with Gasteiger partial charge in [0.25, 0.3) is 0 Å². The van der Waals surface area contributed by atoms with Gasteiger partial charge in [0.15, 0.2) is 11.5 Å². The number of benzene rings is 1. The molecule has 2 heterocycles. The van der Waals surface area contributed by atoms with Crippen molar-refractivity contribution in [3.05, 3.63) is 58.5 Å². The second-order valence-electron chi connectivity index (χ2n) is 8.59. The quantitative estimate of drug-likeness (QED) is 0.394. The lowest BCUT2D eigenvalue weighted by molar-refractivity contribution is -0.200. The lowest BCUT2D eigenvalue weighted by atomic mass is 9.88. The van der Waals surface area contributed by atoms with Gasteiger partial charge in [0.1, 0.15) is 5.76 Å². The van der Waals surface area contributed by atoms with Crippen molar-refractivity contribution in [2.24, 2.45) is 11.8 Å². The Balaban J connectivity index is 1.36. The highest BCUT2D eigenvalue weighted by Crippen LogP contribution is 2.30. The molecule has 1 fully saturated rings. The van der Waals surface area contributed by atoms with Crippen molar-refractivity contribution in [3.63, 3.8) is 0 Å². The van der Waals surface area contributed by atoms with E-state index >= 15 is 0 Å². The molecule has 1 unspecified atom stereocenters. The standard InChI is InChI=1S/C25H26O8/c1-14(2)25(33-24(29)15-9-11-30-12-10-15)32-20(26)8-7-16-13-19-21(27)17-5-3-4-6-18(17)22(28)23(19)31-16/h3-6,13-15,25H,7-12H2,1-2H3. The highest BCUT2D eigenvalue weighted by atomic mass is 16.7. The molecule has 1 atom stereocenters. The Labute approximate surface area is 191 Å². The Morgan fingerprint density at radius 1 is 1.00 bits per heavy atom. The van der Waals surface area contributed by atoms with Gasteiger partial charge >= 0.3 is 11.9 Å². The van der Waals surface area contributed by atoms with Crippen LogP contribution in [0.5, 0.6) is 0 Å². The van der Waals surface area contributed by atoms with Gasteiger partial charge in [0.05, 0.1) is 17.9 Å². The van der Waals surface area contributed by atoms with Gasteiger partial charge in [0.2, 0.25) is 12.1 Å². The van der Waals surface area contributed by atoms with Crippen LogP contribution in [0, 0.1) is 11.8 Å². The number of esters is 2. The van der Waals surface area contributed by atoms with Crippen LogP contribution in [-0.4, -0.2) is 43.0 Å². The van der Waals surface area contributed by atoms with Crippen LogP contribution in [0.4, 0.5) is 0 Å². The number of ketones is 2. The Morgan fingerprint density at radius 2 is 1.67 bits per heavy atom. The van der Waals surface area contributed by atoms with Crippen LogP contribution >= 0.6 is 0 Å². The fraction of sp³-hybridized carbons (Fsp3) is 0.440. The number of hydrogen-bond donors (Lipinski definition) is 0. The minimum absolute atomic E-state index is 0.00693. The number of rotatable bonds is 7. The van der Waals surface area contributed by atoms with Crippen LogP contribution in [0.3, 0.4) is 0 Å². The van der Waals surface area contributed by atoms with E-state index in [0.717, 1.165) is 0 Å². The molecule has 1 aromatic heterocycles. The van der Waals surface area contributed by atoms with E-state index in [2.05, 4.69) is 0 Å². The SMILES string of the molecule is CC(C)C(OC(=O)CCc1cc2c(o1)C(=O)c1ccccc1C2=O)OC(=O)C1CCOCC1. The molecule has 2 aromatic rings. The van der Waals surface area contributed by atoms with Crippen molar-refractivity contribution in [2.45, 2.75) is 45.8 Å². The number of fused-ring (bicyclic) bond motifs is 2. The van der Waals surface area contributed by atoms with Crippen LogP contribution in [0.2, 0.25) is 0 Å². The third-order valence-corrected chi connectivity index (χ3v) is 5.80. The summed E-state index contributed by atoms with van der Waals surface area (Å²) in [6, 6.07) is 8.09. The number of carbonyl (C=O) groups is 4. The van der Waals surface area contributed by atoms with Gasteiger partial charge in [-0.2, -0.15) is 0 Å². The number of furan rings is 1. The summed E-state index contributed by atoms with van der Waals surface area (Å²) >= 11 is 0. The average molecular weight is 454 g/mol. The van der Waals surface area contributed by atoms with Gasteiger partial charge in [-0.3, -0.25) is 19.2 Å². The zero-order valence-corrected chi connectivity index (χ0v) is 18.6. The molecule has 0 radical (unpaired) electrons. The molecule has 0 spiro atoms. The van der Waals surface area contributed by atoms with Crippen molar-refractivity contribution < 1.29 is 37.8 Å². The highest BCUT2D eigenvalue weighted by molar-refractivity contribution is 6.27. The maximum absolute atomic E-state index is 12.7. The average Bonchev–Trinajstić information content (AvgIpc) is 3.26. The monoisotopic (exact) mass is 454 g/mol. The molecule has 8 heteroatoms. The van der Waals surface area contributed by atoms with Gasteiger partial charge in [-0.15, -0.1) is 0 Å². The van der Waals surface area contributed by atoms with E-state index in [9.17, 15) is 19.2 Å². The van der Waals surface area contributed by atoms with E-state index in [1.807, 2.05) is 0 Å². The Morgan fingerprint density at radius 3 is 2.33 bits per heavy atom. The molecule has 1 saturated heterocycles. The second-order valence-corrected chi connectivity index (χ2v) is 8.59. The van der Waals surface area contributed by atoms with Crippen molar-refractivity contribution in [2.75, 3.05) is 13.2 Å². The maximum Gasteiger partial charge on any atom is 0.312 e. The van der Waals surface area contributed by atoms with Crippen LogP contribution in [0.15, 0.2) is 34.7 Å². The van der Waals surface area contributed by atoms with Gasteiger partial charge in [-0.1, -0.05) is 38.1 Å². The summed E-state index contributed by atoms with van der Waals surface area (Å²) in [5, 5.41) is 0. The molecule has 2 aliphatic rings. The Hall–Kier alpha value is -3.26. The lowest BCUT2D eigenvalue weighted by Gasteiger charge is -2.26. The minimum atomic E-state index is -0.990. The molecule has 0 N–H and O–H groups in total. The third-order valence-electron chi connectivity index (χ3n) is 5.80. The number of ether oxygens (including phenoxy) is 3. The van der Waals surface area contributed by atoms with Gasteiger partial charge in [-0.05, 0) is 18.9 Å². The highest BCUT2D eigenvalue weighted by Gasteiger charge is 2.34. The zero-order chi connectivity index (χ0) is 23.5. The topological polar surface area (TPSA) is 109 Å². The van der Waals surface area contributed by atoms with Crippen LogP contribution in [-0.2, 0) is 30.2 Å². The van der Waals surface area contributed by atoms with Crippen molar-refractivity contribution in [1.82, 2.24) is 0 Å². The summed E-state index contributed by atoms with van der Waals surface area (Å²) in [6.07, 6.45) is 0.265. The zero-order valence-electron chi connectivity index (χ0n) is 18.6. The number of aryl methyl sites for hydroxylation is 1. The van der Waals surface area contributed by atoms with E-state index in [-0.39, 0.29) is 53.5 Å². The molecular formula is C25H26O8. The fourth-order valence-electron chi connectivity index (χ4n) is 3.90. The Kier molecular flexibility index (Phi) is 6.74. The first-order chi connectivity index (χ1) is 15.8. The summed E-state index contributed by atoms with van der Waals surface area (Å²) in [5.74, 6) is -1.73. The first-order valence-corrected chi connectivity index (χ1v) is 11.1. The first kappa shape index (κ1) is 22.9. The van der Waals surface area contributed by atoms with Gasteiger partial charge < -0.3 is 18.6 Å². The lowest BCUT2D eigenvalue weighted by Crippen LogP contribution is -2.34. The Bertz CT molecular complexity index is 1020. The molecule has 1 aliphatic heterocycles. The molecule has 174 valence electrons. The summed E-state index contributed by atoms with van der Waals surface area (Å²) in [6.45, 7) is 4.61. The van der Waals surface area contributed by atoms with E-state index < -0.39 is 12.3 Å². The predicted molar refractivity (Wildman–Crippen MR) is 115 cm³/mol. The molecule has 1 aromatic carbocycles. The molecule has 33 heavy (non-hydrogen) atoms. The van der Waals surface area contributed by atoms with Crippen molar-refractivity contribution >= 4 is 23.5 Å². The van der Waals surface area contributed by atoms with Gasteiger partial charge in [0, 0.05) is 36.7 Å². The molecule has 8 nitrogen and oxygen atoms in total. The molecule has 1 aliphatic carbocycles. The fourth-order valence-corrected chi connectivity index (χ4v) is 3.90. The van der Waals surface area contributed by atoms with E-state index in [1.165, 1.54) is 6.07 Å². The van der Waals surface area contributed by atoms with E-state index in [0.29, 0.717) is 42.9 Å². The van der Waals surface area contributed by atoms with E-state index in [4.69, 9.17) is 18.6 Å². The summed E-state index contributed by atoms with van der Waals surface area (Å²) in [5.41, 5.74) is 0.849. The second kappa shape index (κ2) is 9.70. The predicted octanol–water partition coefficient (Wildman–Crippen LogP) is 3.48. The third kappa shape index (κ3) is 4.90. The number of hydrogen-bond acceptors (Lipinski definition) is 8. The number of carbonyl (C=O) groups excluding carboxylic acids is 4. The molecule has 0 saturated carbocycles. The summed E-state index contributed by atoms with van der Waals surface area (Å²) in [4.78, 5) is 50.2. The summed E-state index contributed by atoms with van der Waals surface area (Å²) < 4.78 is 21.7. The van der Waals surface area contributed by atoms with Crippen molar-refractivity contribution in [1.29, 1.82) is 0 Å².